The molecule has 1 saturated carbocycles. The fraction of sp³-hybridized carbons (Fsp3) is 0.704. The zero-order chi connectivity index (χ0) is 24.4. The van der Waals surface area contributed by atoms with Gasteiger partial charge >= 0.3 is 0 Å². The van der Waals surface area contributed by atoms with Crippen LogP contribution < -0.4 is 15.5 Å². The Morgan fingerprint density at radius 3 is 2.50 bits per heavy atom. The minimum Gasteiger partial charge on any atom is -0.369 e. The largest absolute Gasteiger partial charge is 0.369 e. The SMILES string of the molecule is CCN(c1cc(Cl)cc(C(=O)NCC2C(=O)NC(C)CC2C)c1C)C1CCC(N2CCC2)CC1. The number of piperidine rings is 1. The molecule has 3 atom stereocenters. The minimum atomic E-state index is -0.201. The van der Waals surface area contributed by atoms with Gasteiger partial charge in [-0.3, -0.25) is 9.59 Å². The number of benzene rings is 1. The third-order valence-electron chi connectivity index (χ3n) is 8.37. The third-order valence-corrected chi connectivity index (χ3v) is 8.59. The lowest BCUT2D eigenvalue weighted by atomic mass is 9.84. The van der Waals surface area contributed by atoms with Crippen molar-refractivity contribution in [2.75, 3.05) is 31.1 Å². The molecule has 3 unspecified atom stereocenters. The molecule has 0 aromatic heterocycles. The number of carbonyl (C=O) groups is 2. The smallest absolute Gasteiger partial charge is 0.251 e. The van der Waals surface area contributed by atoms with Gasteiger partial charge in [0.25, 0.3) is 5.91 Å². The Labute approximate surface area is 209 Å². The second-order valence-electron chi connectivity index (χ2n) is 10.7. The van der Waals surface area contributed by atoms with Crippen LogP contribution in [0, 0.1) is 18.8 Å². The summed E-state index contributed by atoms with van der Waals surface area (Å²) in [4.78, 5) is 30.7. The molecule has 1 aliphatic carbocycles. The van der Waals surface area contributed by atoms with Crippen molar-refractivity contribution in [1.82, 2.24) is 15.5 Å². The maximum atomic E-state index is 13.2. The Morgan fingerprint density at radius 2 is 1.91 bits per heavy atom. The summed E-state index contributed by atoms with van der Waals surface area (Å²) in [5.74, 6) is -0.0895. The van der Waals surface area contributed by atoms with Crippen molar-refractivity contribution in [3.05, 3.63) is 28.3 Å². The minimum absolute atomic E-state index is 0.0287. The second-order valence-corrected chi connectivity index (χ2v) is 11.1. The highest BCUT2D eigenvalue weighted by Crippen LogP contribution is 2.35. The predicted octanol–water partition coefficient (Wildman–Crippen LogP) is 4.38. The van der Waals surface area contributed by atoms with Crippen molar-refractivity contribution in [3.63, 3.8) is 0 Å². The number of amides is 2. The van der Waals surface area contributed by atoms with E-state index in [1.165, 1.54) is 45.2 Å². The first kappa shape index (κ1) is 25.3. The Hall–Kier alpha value is -1.79. The maximum absolute atomic E-state index is 13.2. The molecular weight excluding hydrogens is 448 g/mol. The molecule has 0 bridgehead atoms. The van der Waals surface area contributed by atoms with Gasteiger partial charge in [-0.25, -0.2) is 0 Å². The van der Waals surface area contributed by atoms with E-state index < -0.39 is 0 Å². The van der Waals surface area contributed by atoms with E-state index in [0.717, 1.165) is 30.3 Å². The number of halogens is 1. The normalized spacial score (nSPS) is 29.8. The monoisotopic (exact) mass is 488 g/mol. The van der Waals surface area contributed by atoms with E-state index >= 15 is 0 Å². The Morgan fingerprint density at radius 1 is 1.21 bits per heavy atom. The van der Waals surface area contributed by atoms with Crippen LogP contribution in [0.4, 0.5) is 5.69 Å². The molecule has 34 heavy (non-hydrogen) atoms. The zero-order valence-electron chi connectivity index (χ0n) is 21.2. The molecule has 0 spiro atoms. The van der Waals surface area contributed by atoms with E-state index in [4.69, 9.17) is 11.6 Å². The summed E-state index contributed by atoms with van der Waals surface area (Å²) in [7, 11) is 0. The average Bonchev–Trinajstić information content (AvgIpc) is 2.75. The lowest BCUT2D eigenvalue weighted by molar-refractivity contribution is -0.129. The lowest BCUT2D eigenvalue weighted by Gasteiger charge is -2.44. The van der Waals surface area contributed by atoms with Crippen molar-refractivity contribution in [2.24, 2.45) is 11.8 Å². The first-order valence-electron chi connectivity index (χ1n) is 13.2. The van der Waals surface area contributed by atoms with Gasteiger partial charge in [0.05, 0.1) is 5.92 Å². The number of hydrogen-bond donors (Lipinski definition) is 2. The first-order valence-corrected chi connectivity index (χ1v) is 13.6. The van der Waals surface area contributed by atoms with Crippen LogP contribution >= 0.6 is 11.6 Å². The van der Waals surface area contributed by atoms with E-state index in [1.54, 1.807) is 6.07 Å². The maximum Gasteiger partial charge on any atom is 0.251 e. The fourth-order valence-electron chi connectivity index (χ4n) is 6.25. The van der Waals surface area contributed by atoms with Gasteiger partial charge in [-0.05, 0) is 96.0 Å². The van der Waals surface area contributed by atoms with Gasteiger partial charge in [0.15, 0.2) is 0 Å². The van der Waals surface area contributed by atoms with E-state index in [9.17, 15) is 9.59 Å². The number of nitrogens with one attached hydrogen (secondary N) is 2. The number of likely N-dealkylation sites (tertiary alicyclic amines) is 1. The summed E-state index contributed by atoms with van der Waals surface area (Å²) in [5, 5.41) is 6.61. The number of anilines is 1. The Kier molecular flexibility index (Phi) is 8.08. The van der Waals surface area contributed by atoms with Crippen LogP contribution in [0.5, 0.6) is 0 Å². The third kappa shape index (κ3) is 5.38. The molecule has 2 heterocycles. The second kappa shape index (κ2) is 10.9. The van der Waals surface area contributed by atoms with E-state index in [0.29, 0.717) is 23.2 Å². The number of rotatable bonds is 7. The molecular formula is C27H41ClN4O2. The molecule has 1 aromatic rings. The van der Waals surface area contributed by atoms with Crippen LogP contribution in [0.25, 0.3) is 0 Å². The van der Waals surface area contributed by atoms with Gasteiger partial charge < -0.3 is 20.4 Å². The molecule has 3 aliphatic rings. The summed E-state index contributed by atoms with van der Waals surface area (Å²) in [5.41, 5.74) is 2.63. The standard InChI is InChI=1S/C27H41ClN4O2/c1-5-32(22-9-7-21(8-10-22)31-11-6-12-31)25-15-20(28)14-23(19(25)4)26(33)29-16-24-17(2)13-18(3)30-27(24)34/h14-15,17-18,21-22,24H,5-13,16H2,1-4H3,(H,29,33)(H,30,34). The van der Waals surface area contributed by atoms with E-state index in [1.807, 2.05) is 19.9 Å². The number of nitrogens with zero attached hydrogens (tertiary/aromatic N) is 2. The van der Waals surface area contributed by atoms with Crippen molar-refractivity contribution < 1.29 is 9.59 Å². The first-order chi connectivity index (χ1) is 16.3. The van der Waals surface area contributed by atoms with Gasteiger partial charge in [-0.1, -0.05) is 18.5 Å². The molecule has 0 radical (unpaired) electrons. The molecule has 188 valence electrons. The van der Waals surface area contributed by atoms with E-state index in [-0.39, 0.29) is 29.7 Å². The predicted molar refractivity (Wildman–Crippen MR) is 139 cm³/mol. The molecule has 1 aromatic carbocycles. The zero-order valence-corrected chi connectivity index (χ0v) is 22.0. The van der Waals surface area contributed by atoms with Crippen LogP contribution in [0.15, 0.2) is 12.1 Å². The summed E-state index contributed by atoms with van der Waals surface area (Å²) in [6.07, 6.45) is 7.11. The van der Waals surface area contributed by atoms with Crippen LogP contribution in [-0.4, -0.2) is 61.0 Å². The Bertz CT molecular complexity index is 895. The van der Waals surface area contributed by atoms with E-state index in [2.05, 4.69) is 34.3 Å². The molecule has 2 amide bonds. The molecule has 6 nitrogen and oxygen atoms in total. The highest BCUT2D eigenvalue weighted by molar-refractivity contribution is 6.31. The van der Waals surface area contributed by atoms with Crippen molar-refractivity contribution in [2.45, 2.75) is 84.3 Å². The summed E-state index contributed by atoms with van der Waals surface area (Å²) in [6.45, 7) is 12.1. The molecule has 2 saturated heterocycles. The quantitative estimate of drug-likeness (QED) is 0.597. The topological polar surface area (TPSA) is 64.7 Å². The van der Waals surface area contributed by atoms with Crippen LogP contribution in [0.3, 0.4) is 0 Å². The molecule has 4 rings (SSSR count). The van der Waals surface area contributed by atoms with Gasteiger partial charge in [0, 0.05) is 47.5 Å². The van der Waals surface area contributed by atoms with Gasteiger partial charge in [0.2, 0.25) is 5.91 Å². The fourth-order valence-corrected chi connectivity index (χ4v) is 6.46. The molecule has 7 heteroatoms. The number of hydrogen-bond acceptors (Lipinski definition) is 4. The van der Waals surface area contributed by atoms with Gasteiger partial charge in [0.1, 0.15) is 0 Å². The summed E-state index contributed by atoms with van der Waals surface area (Å²) < 4.78 is 0. The summed E-state index contributed by atoms with van der Waals surface area (Å²) >= 11 is 6.53. The van der Waals surface area contributed by atoms with Crippen molar-refractivity contribution in [3.8, 4) is 0 Å². The highest BCUT2D eigenvalue weighted by atomic mass is 35.5. The summed E-state index contributed by atoms with van der Waals surface area (Å²) in [6, 6.07) is 5.18. The Balaban J connectivity index is 1.45. The lowest BCUT2D eigenvalue weighted by Crippen LogP contribution is -2.50. The van der Waals surface area contributed by atoms with Gasteiger partial charge in [-0.15, -0.1) is 0 Å². The molecule has 2 aliphatic heterocycles. The molecule has 3 fully saturated rings. The average molecular weight is 489 g/mol. The van der Waals surface area contributed by atoms with Crippen LogP contribution in [-0.2, 0) is 4.79 Å². The number of carbonyl (C=O) groups excluding carboxylic acids is 2. The van der Waals surface area contributed by atoms with Crippen LogP contribution in [0.1, 0.15) is 75.2 Å². The van der Waals surface area contributed by atoms with Crippen molar-refractivity contribution in [1.29, 1.82) is 0 Å². The van der Waals surface area contributed by atoms with Crippen LogP contribution in [0.2, 0.25) is 5.02 Å². The molecule has 2 N–H and O–H groups in total. The van der Waals surface area contributed by atoms with Gasteiger partial charge in [-0.2, -0.15) is 0 Å². The van der Waals surface area contributed by atoms with Crippen molar-refractivity contribution >= 4 is 29.1 Å². The highest BCUT2D eigenvalue weighted by Gasteiger charge is 2.33.